The van der Waals surface area contributed by atoms with E-state index in [9.17, 15) is 9.90 Å². The molecule has 0 heterocycles. The monoisotopic (exact) mass is 183 g/mol. The fourth-order valence-electron chi connectivity index (χ4n) is 3.25. The minimum Gasteiger partial charge on any atom is -0.391 e. The molecule has 0 aromatic carbocycles. The second-order valence-corrected chi connectivity index (χ2v) is 5.18. The van der Waals surface area contributed by atoms with E-state index >= 15 is 0 Å². The third-order valence-corrected chi connectivity index (χ3v) is 4.32. The normalized spacial score (nSPS) is 46.7. The summed E-state index contributed by atoms with van der Waals surface area (Å²) in [4.78, 5) is 11.3. The van der Waals surface area contributed by atoms with Crippen LogP contribution in [-0.2, 0) is 4.79 Å². The van der Waals surface area contributed by atoms with E-state index < -0.39 is 11.5 Å². The van der Waals surface area contributed by atoms with E-state index in [2.05, 4.69) is 0 Å². The highest BCUT2D eigenvalue weighted by molar-refractivity contribution is 5.82. The van der Waals surface area contributed by atoms with Crippen LogP contribution in [-0.4, -0.2) is 17.1 Å². The Hall–Kier alpha value is -0.570. The Balaban J connectivity index is 2.40. The van der Waals surface area contributed by atoms with Crippen LogP contribution in [0.1, 0.15) is 33.1 Å². The Morgan fingerprint density at radius 3 is 2.46 bits per heavy atom. The van der Waals surface area contributed by atoms with E-state index in [1.165, 1.54) is 0 Å². The molecule has 3 atom stereocenters. The second kappa shape index (κ2) is 2.27. The van der Waals surface area contributed by atoms with E-state index in [1.54, 1.807) is 0 Å². The fourth-order valence-corrected chi connectivity index (χ4v) is 3.25. The standard InChI is InChI=1S/C10H17NO2/c1-9(2)6-3-4-10(5-6,7(9)12)8(11)13/h6-7,12H,3-5H2,1-2H3,(H2,11,13)/t6-,7-,10+/m1/s1. The molecule has 2 aliphatic rings. The van der Waals surface area contributed by atoms with Crippen LogP contribution >= 0.6 is 0 Å². The van der Waals surface area contributed by atoms with Crippen molar-refractivity contribution < 1.29 is 9.90 Å². The van der Waals surface area contributed by atoms with E-state index in [4.69, 9.17) is 5.73 Å². The summed E-state index contributed by atoms with van der Waals surface area (Å²) < 4.78 is 0. The maximum Gasteiger partial charge on any atom is 0.226 e. The number of carbonyl (C=O) groups excluding carboxylic acids is 1. The third kappa shape index (κ3) is 0.857. The zero-order valence-corrected chi connectivity index (χ0v) is 8.21. The molecule has 3 heteroatoms. The van der Waals surface area contributed by atoms with E-state index in [1.807, 2.05) is 13.8 Å². The first-order chi connectivity index (χ1) is 5.91. The van der Waals surface area contributed by atoms with Crippen molar-refractivity contribution in [3.8, 4) is 0 Å². The van der Waals surface area contributed by atoms with Gasteiger partial charge in [0.2, 0.25) is 5.91 Å². The lowest BCUT2D eigenvalue weighted by Crippen LogP contribution is -2.48. The number of nitrogens with two attached hydrogens (primary N) is 1. The molecule has 3 nitrogen and oxygen atoms in total. The predicted molar refractivity (Wildman–Crippen MR) is 48.8 cm³/mol. The van der Waals surface area contributed by atoms with Crippen molar-refractivity contribution in [2.24, 2.45) is 22.5 Å². The van der Waals surface area contributed by atoms with Gasteiger partial charge in [-0.25, -0.2) is 0 Å². The lowest BCUT2D eigenvalue weighted by Gasteiger charge is -2.39. The predicted octanol–water partition coefficient (Wildman–Crippen LogP) is 0.659. The molecule has 2 fully saturated rings. The Morgan fingerprint density at radius 1 is 1.54 bits per heavy atom. The quantitative estimate of drug-likeness (QED) is 0.627. The van der Waals surface area contributed by atoms with Crippen molar-refractivity contribution in [1.82, 2.24) is 0 Å². The van der Waals surface area contributed by atoms with Gasteiger partial charge in [0.05, 0.1) is 11.5 Å². The van der Waals surface area contributed by atoms with Crippen molar-refractivity contribution in [1.29, 1.82) is 0 Å². The number of hydrogen-bond acceptors (Lipinski definition) is 2. The molecule has 0 saturated heterocycles. The molecule has 0 aromatic heterocycles. The Bertz CT molecular complexity index is 262. The van der Waals surface area contributed by atoms with Crippen LogP contribution in [0, 0.1) is 16.7 Å². The molecule has 2 aliphatic carbocycles. The molecule has 3 N–H and O–H groups in total. The highest BCUT2D eigenvalue weighted by atomic mass is 16.3. The highest BCUT2D eigenvalue weighted by Gasteiger charge is 2.64. The van der Waals surface area contributed by atoms with Gasteiger partial charge in [-0.3, -0.25) is 4.79 Å². The Morgan fingerprint density at radius 2 is 2.15 bits per heavy atom. The summed E-state index contributed by atoms with van der Waals surface area (Å²) in [5.41, 5.74) is 4.65. The number of aliphatic hydroxyl groups is 1. The summed E-state index contributed by atoms with van der Waals surface area (Å²) in [6, 6.07) is 0. The smallest absolute Gasteiger partial charge is 0.226 e. The molecule has 0 radical (unpaired) electrons. The molecule has 13 heavy (non-hydrogen) atoms. The maximum absolute atomic E-state index is 11.3. The molecule has 2 bridgehead atoms. The van der Waals surface area contributed by atoms with Crippen LogP contribution in [0.15, 0.2) is 0 Å². The van der Waals surface area contributed by atoms with Gasteiger partial charge in [-0.1, -0.05) is 13.8 Å². The molecular formula is C10H17NO2. The van der Waals surface area contributed by atoms with Crippen LogP contribution in [0.3, 0.4) is 0 Å². The van der Waals surface area contributed by atoms with E-state index in [0.29, 0.717) is 5.92 Å². The topological polar surface area (TPSA) is 63.3 Å². The number of fused-ring (bicyclic) bond motifs is 2. The first-order valence-corrected chi connectivity index (χ1v) is 4.89. The SMILES string of the molecule is CC1(C)[C@@H]2CC[C@](C(N)=O)(C2)[C@@H]1O. The van der Waals surface area contributed by atoms with Gasteiger partial charge in [0.25, 0.3) is 0 Å². The number of rotatable bonds is 1. The molecular weight excluding hydrogens is 166 g/mol. The minimum atomic E-state index is -0.603. The average Bonchev–Trinajstić information content (AvgIpc) is 2.53. The summed E-state index contributed by atoms with van der Waals surface area (Å²) in [6.07, 6.45) is 2.05. The zero-order chi connectivity index (χ0) is 9.85. The molecule has 0 unspecified atom stereocenters. The highest BCUT2D eigenvalue weighted by Crippen LogP contribution is 2.62. The van der Waals surface area contributed by atoms with Gasteiger partial charge in [-0.05, 0) is 30.6 Å². The minimum absolute atomic E-state index is 0.132. The van der Waals surface area contributed by atoms with Crippen molar-refractivity contribution >= 4 is 5.91 Å². The van der Waals surface area contributed by atoms with Crippen LogP contribution in [0.5, 0.6) is 0 Å². The molecule has 74 valence electrons. The van der Waals surface area contributed by atoms with Gasteiger partial charge >= 0.3 is 0 Å². The van der Waals surface area contributed by atoms with Crippen LogP contribution < -0.4 is 5.73 Å². The average molecular weight is 183 g/mol. The van der Waals surface area contributed by atoms with Gasteiger partial charge in [-0.2, -0.15) is 0 Å². The molecule has 0 aliphatic heterocycles. The summed E-state index contributed by atoms with van der Waals surface area (Å²) in [6.45, 7) is 4.07. The van der Waals surface area contributed by atoms with Gasteiger partial charge in [0.15, 0.2) is 0 Å². The second-order valence-electron chi connectivity index (χ2n) is 5.18. The number of aliphatic hydroxyl groups excluding tert-OH is 1. The lowest BCUT2D eigenvalue weighted by molar-refractivity contribution is -0.137. The summed E-state index contributed by atoms with van der Waals surface area (Å²) in [7, 11) is 0. The molecule has 2 saturated carbocycles. The number of carbonyl (C=O) groups is 1. The summed E-state index contributed by atoms with van der Waals surface area (Å²) >= 11 is 0. The van der Waals surface area contributed by atoms with Crippen molar-refractivity contribution in [3.63, 3.8) is 0 Å². The van der Waals surface area contributed by atoms with Gasteiger partial charge < -0.3 is 10.8 Å². The number of primary amides is 1. The third-order valence-electron chi connectivity index (χ3n) is 4.32. The molecule has 0 aromatic rings. The van der Waals surface area contributed by atoms with Gasteiger partial charge in [0.1, 0.15) is 0 Å². The number of amides is 1. The van der Waals surface area contributed by atoms with Crippen LogP contribution in [0.25, 0.3) is 0 Å². The van der Waals surface area contributed by atoms with E-state index in [0.717, 1.165) is 19.3 Å². The summed E-state index contributed by atoms with van der Waals surface area (Å²) in [5.74, 6) is 0.156. The summed E-state index contributed by atoms with van der Waals surface area (Å²) in [5, 5.41) is 10.1. The van der Waals surface area contributed by atoms with Crippen molar-refractivity contribution in [3.05, 3.63) is 0 Å². The molecule has 0 spiro atoms. The largest absolute Gasteiger partial charge is 0.391 e. The lowest BCUT2D eigenvalue weighted by atomic mass is 9.69. The first kappa shape index (κ1) is 9.00. The zero-order valence-electron chi connectivity index (χ0n) is 8.21. The fraction of sp³-hybridized carbons (Fsp3) is 0.900. The van der Waals surface area contributed by atoms with Gasteiger partial charge in [0, 0.05) is 0 Å². The number of hydrogen-bond donors (Lipinski definition) is 2. The van der Waals surface area contributed by atoms with Crippen molar-refractivity contribution in [2.45, 2.75) is 39.2 Å². The van der Waals surface area contributed by atoms with E-state index in [-0.39, 0.29) is 11.3 Å². The Kier molecular flexibility index (Phi) is 1.57. The van der Waals surface area contributed by atoms with Crippen LogP contribution in [0.4, 0.5) is 0 Å². The maximum atomic E-state index is 11.3. The first-order valence-electron chi connectivity index (χ1n) is 4.89. The molecule has 2 rings (SSSR count). The van der Waals surface area contributed by atoms with Crippen molar-refractivity contribution in [2.75, 3.05) is 0 Å². The Labute approximate surface area is 78.3 Å². The van der Waals surface area contributed by atoms with Crippen LogP contribution in [0.2, 0.25) is 0 Å². The van der Waals surface area contributed by atoms with Gasteiger partial charge in [-0.15, -0.1) is 0 Å². The molecule has 1 amide bonds.